The molecule has 0 N–H and O–H groups in total. The number of ether oxygens (including phenoxy) is 1. The molecule has 1 amide bonds. The summed E-state index contributed by atoms with van der Waals surface area (Å²) < 4.78 is 5.34. The van der Waals surface area contributed by atoms with Gasteiger partial charge in [-0.1, -0.05) is 18.2 Å². The molecule has 0 aliphatic carbocycles. The van der Waals surface area contributed by atoms with Crippen molar-refractivity contribution < 1.29 is 14.3 Å². The van der Waals surface area contributed by atoms with Gasteiger partial charge in [0.2, 0.25) is 5.91 Å². The van der Waals surface area contributed by atoms with Crippen molar-refractivity contribution in [1.82, 2.24) is 4.98 Å². The molecule has 1 fully saturated rings. The molecule has 5 nitrogen and oxygen atoms in total. The zero-order valence-corrected chi connectivity index (χ0v) is 13.0. The monoisotopic (exact) mass is 316 g/mol. The van der Waals surface area contributed by atoms with Crippen molar-refractivity contribution in [3.63, 3.8) is 0 Å². The Kier molecular flexibility index (Phi) is 4.20. The molecule has 0 spiro atoms. The summed E-state index contributed by atoms with van der Waals surface area (Å²) in [5.74, 6) is -0.253. The Hall–Kier alpha value is -2.21. The number of anilines is 1. The standard InChI is InChI=1S/C16H16N2O3S/c1-11-15(22-10-17-11)16(20)21-9-12-7-14(19)18(8-12)13-5-3-2-4-6-13/h2-6,10,12H,7-9H2,1H3/t12-/m0/s1. The van der Waals surface area contributed by atoms with E-state index < -0.39 is 0 Å². The molecule has 0 bridgehead atoms. The fourth-order valence-electron chi connectivity index (χ4n) is 2.51. The van der Waals surface area contributed by atoms with Gasteiger partial charge in [0, 0.05) is 24.6 Å². The van der Waals surface area contributed by atoms with E-state index in [1.165, 1.54) is 11.3 Å². The third kappa shape index (κ3) is 3.01. The van der Waals surface area contributed by atoms with Crippen molar-refractivity contribution >= 4 is 28.9 Å². The van der Waals surface area contributed by atoms with Crippen LogP contribution in [0.25, 0.3) is 0 Å². The highest BCUT2D eigenvalue weighted by Crippen LogP contribution is 2.25. The third-order valence-electron chi connectivity index (χ3n) is 3.65. The highest BCUT2D eigenvalue weighted by molar-refractivity contribution is 7.11. The number of benzene rings is 1. The number of carbonyl (C=O) groups is 2. The number of hydrogen-bond donors (Lipinski definition) is 0. The second-order valence-corrected chi connectivity index (χ2v) is 6.13. The average molecular weight is 316 g/mol. The van der Waals surface area contributed by atoms with Crippen molar-refractivity contribution in [2.45, 2.75) is 13.3 Å². The summed E-state index contributed by atoms with van der Waals surface area (Å²) in [6, 6.07) is 9.55. The Morgan fingerprint density at radius 1 is 1.41 bits per heavy atom. The highest BCUT2D eigenvalue weighted by Gasteiger charge is 2.31. The number of carbonyl (C=O) groups excluding carboxylic acids is 2. The van der Waals surface area contributed by atoms with Crippen molar-refractivity contribution in [2.24, 2.45) is 5.92 Å². The minimum absolute atomic E-state index is 0.0323. The van der Waals surface area contributed by atoms with E-state index in [1.54, 1.807) is 17.3 Å². The Morgan fingerprint density at radius 2 is 2.18 bits per heavy atom. The number of aromatic nitrogens is 1. The fourth-order valence-corrected chi connectivity index (χ4v) is 3.20. The first-order valence-corrected chi connectivity index (χ1v) is 7.95. The van der Waals surface area contributed by atoms with Crippen LogP contribution in [0.5, 0.6) is 0 Å². The molecule has 2 heterocycles. The Bertz CT molecular complexity index is 684. The zero-order chi connectivity index (χ0) is 15.5. The molecule has 1 saturated heterocycles. The largest absolute Gasteiger partial charge is 0.461 e. The minimum Gasteiger partial charge on any atom is -0.461 e. The van der Waals surface area contributed by atoms with E-state index in [9.17, 15) is 9.59 Å². The predicted molar refractivity (Wildman–Crippen MR) is 84.0 cm³/mol. The number of aryl methyl sites for hydroxylation is 1. The van der Waals surface area contributed by atoms with E-state index >= 15 is 0 Å². The number of amides is 1. The number of esters is 1. The average Bonchev–Trinajstić information content (AvgIpc) is 3.11. The predicted octanol–water partition coefficient (Wildman–Crippen LogP) is 2.66. The molecule has 22 heavy (non-hydrogen) atoms. The van der Waals surface area contributed by atoms with Gasteiger partial charge in [-0.15, -0.1) is 11.3 Å². The van der Waals surface area contributed by atoms with E-state index in [0.29, 0.717) is 23.5 Å². The van der Waals surface area contributed by atoms with Crippen molar-refractivity contribution in [3.8, 4) is 0 Å². The van der Waals surface area contributed by atoms with Gasteiger partial charge in [-0.3, -0.25) is 4.79 Å². The maximum atomic E-state index is 12.1. The van der Waals surface area contributed by atoms with E-state index in [0.717, 1.165) is 5.69 Å². The fraction of sp³-hybridized carbons (Fsp3) is 0.312. The topological polar surface area (TPSA) is 59.5 Å². The lowest BCUT2D eigenvalue weighted by molar-refractivity contribution is -0.117. The van der Waals surface area contributed by atoms with Crippen LogP contribution in [-0.2, 0) is 9.53 Å². The second kappa shape index (κ2) is 6.27. The summed E-state index contributed by atoms with van der Waals surface area (Å²) in [6.07, 6.45) is 0.407. The summed E-state index contributed by atoms with van der Waals surface area (Å²) >= 11 is 1.28. The maximum absolute atomic E-state index is 12.1. The molecule has 1 aliphatic heterocycles. The molecule has 114 valence electrons. The maximum Gasteiger partial charge on any atom is 0.350 e. The first-order chi connectivity index (χ1) is 10.6. The molecule has 1 aliphatic rings. The zero-order valence-electron chi connectivity index (χ0n) is 12.2. The molecular formula is C16H16N2O3S. The molecule has 1 atom stereocenters. The Morgan fingerprint density at radius 3 is 2.86 bits per heavy atom. The van der Waals surface area contributed by atoms with E-state index in [2.05, 4.69) is 4.98 Å². The summed E-state index contributed by atoms with van der Waals surface area (Å²) in [5.41, 5.74) is 3.20. The van der Waals surface area contributed by atoms with Gasteiger partial charge < -0.3 is 9.64 Å². The quantitative estimate of drug-likeness (QED) is 0.814. The number of thiazole rings is 1. The number of rotatable bonds is 4. The van der Waals surface area contributed by atoms with Crippen LogP contribution >= 0.6 is 11.3 Å². The van der Waals surface area contributed by atoms with Crippen LogP contribution in [0.1, 0.15) is 21.8 Å². The van der Waals surface area contributed by atoms with Crippen LogP contribution in [0.2, 0.25) is 0 Å². The molecule has 3 rings (SSSR count). The molecule has 1 aromatic carbocycles. The van der Waals surface area contributed by atoms with Crippen LogP contribution in [0.15, 0.2) is 35.8 Å². The summed E-state index contributed by atoms with van der Waals surface area (Å²) in [4.78, 5) is 30.4. The summed E-state index contributed by atoms with van der Waals surface area (Å²) in [7, 11) is 0. The van der Waals surface area contributed by atoms with Crippen LogP contribution in [0, 0.1) is 12.8 Å². The van der Waals surface area contributed by atoms with Gasteiger partial charge in [-0.25, -0.2) is 9.78 Å². The van der Waals surface area contributed by atoms with Gasteiger partial charge in [0.15, 0.2) is 0 Å². The normalized spacial score (nSPS) is 17.8. The first kappa shape index (κ1) is 14.7. The minimum atomic E-state index is -0.356. The lowest BCUT2D eigenvalue weighted by Gasteiger charge is -2.16. The first-order valence-electron chi connectivity index (χ1n) is 7.08. The van der Waals surface area contributed by atoms with Crippen molar-refractivity contribution in [3.05, 3.63) is 46.4 Å². The smallest absolute Gasteiger partial charge is 0.350 e. The van der Waals surface area contributed by atoms with Crippen LogP contribution in [-0.4, -0.2) is 30.0 Å². The molecular weight excluding hydrogens is 300 g/mol. The van der Waals surface area contributed by atoms with E-state index in [1.807, 2.05) is 30.3 Å². The van der Waals surface area contributed by atoms with Gasteiger partial charge in [0.05, 0.1) is 17.8 Å². The molecule has 0 saturated carbocycles. The Balaban J connectivity index is 1.58. The van der Waals surface area contributed by atoms with E-state index in [4.69, 9.17) is 4.74 Å². The van der Waals surface area contributed by atoms with Gasteiger partial charge in [0.1, 0.15) is 4.88 Å². The van der Waals surface area contributed by atoms with Gasteiger partial charge in [0.25, 0.3) is 0 Å². The van der Waals surface area contributed by atoms with Gasteiger partial charge >= 0.3 is 5.97 Å². The Labute approximate surface area is 132 Å². The van der Waals surface area contributed by atoms with Crippen LogP contribution < -0.4 is 4.90 Å². The lowest BCUT2D eigenvalue weighted by atomic mass is 10.1. The number of nitrogens with zero attached hydrogens (tertiary/aromatic N) is 2. The van der Waals surface area contributed by atoms with Gasteiger partial charge in [-0.2, -0.15) is 0 Å². The van der Waals surface area contributed by atoms with E-state index in [-0.39, 0.29) is 24.4 Å². The molecule has 1 aromatic heterocycles. The molecule has 2 aromatic rings. The van der Waals surface area contributed by atoms with Crippen molar-refractivity contribution in [2.75, 3.05) is 18.1 Å². The molecule has 6 heteroatoms. The number of hydrogen-bond acceptors (Lipinski definition) is 5. The molecule has 0 unspecified atom stereocenters. The van der Waals surface area contributed by atoms with Crippen LogP contribution in [0.4, 0.5) is 5.69 Å². The summed E-state index contributed by atoms with van der Waals surface area (Å²) in [6.45, 7) is 2.62. The third-order valence-corrected chi connectivity index (χ3v) is 4.56. The highest BCUT2D eigenvalue weighted by atomic mass is 32.1. The second-order valence-electron chi connectivity index (χ2n) is 5.28. The van der Waals surface area contributed by atoms with Crippen LogP contribution in [0.3, 0.4) is 0 Å². The van der Waals surface area contributed by atoms with Gasteiger partial charge in [-0.05, 0) is 19.1 Å². The number of para-hydroxylation sites is 1. The SMILES string of the molecule is Cc1ncsc1C(=O)OC[C@H]1CC(=O)N(c2ccccc2)C1. The van der Waals surface area contributed by atoms with Crippen molar-refractivity contribution in [1.29, 1.82) is 0 Å². The summed E-state index contributed by atoms with van der Waals surface area (Å²) in [5, 5.41) is 0. The molecule has 0 radical (unpaired) electrons. The lowest BCUT2D eigenvalue weighted by Crippen LogP contribution is -2.25.